The van der Waals surface area contributed by atoms with Crippen molar-refractivity contribution in [1.82, 2.24) is 0 Å². The molecule has 9 aromatic carbocycles. The largest absolute Gasteiger partial charge is 0.456 e. The molecule has 0 bridgehead atoms. The van der Waals surface area contributed by atoms with Crippen molar-refractivity contribution in [2.24, 2.45) is 0 Å². The summed E-state index contributed by atoms with van der Waals surface area (Å²) in [5.74, 6) is 0. The molecule has 0 saturated heterocycles. The summed E-state index contributed by atoms with van der Waals surface area (Å²) >= 11 is 1.84. The normalized spacial score (nSPS) is 11.8. The van der Waals surface area contributed by atoms with Crippen LogP contribution in [-0.4, -0.2) is 0 Å². The summed E-state index contributed by atoms with van der Waals surface area (Å²) in [6, 6.07) is 71.3. The van der Waals surface area contributed by atoms with E-state index in [1.54, 1.807) is 0 Å². The quantitative estimate of drug-likeness (QED) is 0.169. The van der Waals surface area contributed by atoms with Crippen LogP contribution in [0.1, 0.15) is 0 Å². The van der Waals surface area contributed by atoms with Crippen LogP contribution in [0.5, 0.6) is 0 Å². The average Bonchev–Trinajstić information content (AvgIpc) is 3.99. The van der Waals surface area contributed by atoms with Crippen molar-refractivity contribution >= 4 is 92.4 Å². The highest BCUT2D eigenvalue weighted by atomic mass is 32.1. The van der Waals surface area contributed by atoms with Crippen molar-refractivity contribution in [1.29, 1.82) is 0 Å². The van der Waals surface area contributed by atoms with Crippen LogP contribution in [0.25, 0.3) is 97.4 Å². The second-order valence-corrected chi connectivity index (χ2v) is 15.9. The van der Waals surface area contributed by atoms with Crippen molar-refractivity contribution in [2.75, 3.05) is 4.90 Å². The fourth-order valence-electron chi connectivity index (χ4n) is 8.84. The van der Waals surface area contributed by atoms with Crippen LogP contribution in [0.15, 0.2) is 209 Å². The molecule has 0 spiro atoms. The molecule has 3 aromatic heterocycles. The third-order valence-electron chi connectivity index (χ3n) is 11.5. The lowest BCUT2D eigenvalue weighted by Gasteiger charge is -2.29. The monoisotopic (exact) mass is 759 g/mol. The van der Waals surface area contributed by atoms with Gasteiger partial charge in [-0.05, 0) is 88.5 Å². The van der Waals surface area contributed by atoms with Gasteiger partial charge in [0, 0.05) is 36.5 Å². The first-order chi connectivity index (χ1) is 28.8. The average molecular weight is 760 g/mol. The van der Waals surface area contributed by atoms with Gasteiger partial charge in [0.05, 0.1) is 27.8 Å². The van der Waals surface area contributed by atoms with E-state index in [0.29, 0.717) is 0 Å². The van der Waals surface area contributed by atoms with E-state index < -0.39 is 0 Å². The minimum Gasteiger partial charge on any atom is -0.456 e. The molecule has 0 unspecified atom stereocenters. The molecule has 58 heavy (non-hydrogen) atoms. The summed E-state index contributed by atoms with van der Waals surface area (Å²) in [7, 11) is 0. The molecular formula is C54H33NO2S. The highest BCUT2D eigenvalue weighted by molar-refractivity contribution is 7.26. The van der Waals surface area contributed by atoms with Crippen LogP contribution >= 0.6 is 11.3 Å². The van der Waals surface area contributed by atoms with Crippen LogP contribution in [-0.2, 0) is 0 Å². The van der Waals surface area contributed by atoms with Gasteiger partial charge in [-0.2, -0.15) is 0 Å². The zero-order valence-electron chi connectivity index (χ0n) is 31.2. The van der Waals surface area contributed by atoms with Gasteiger partial charge in [-0.1, -0.05) is 140 Å². The van der Waals surface area contributed by atoms with Gasteiger partial charge in [-0.25, -0.2) is 0 Å². The van der Waals surface area contributed by atoms with Gasteiger partial charge in [0.2, 0.25) is 0 Å². The third-order valence-corrected chi connectivity index (χ3v) is 12.6. The fraction of sp³-hybridized carbons (Fsp3) is 0. The first-order valence-corrected chi connectivity index (χ1v) is 20.4. The first kappa shape index (κ1) is 32.8. The topological polar surface area (TPSA) is 29.5 Å². The molecule has 0 atom stereocenters. The summed E-state index contributed by atoms with van der Waals surface area (Å²) < 4.78 is 16.2. The molecule has 0 aliphatic carbocycles. The van der Waals surface area contributed by atoms with Gasteiger partial charge in [0.15, 0.2) is 0 Å². The van der Waals surface area contributed by atoms with Crippen molar-refractivity contribution in [2.45, 2.75) is 0 Å². The maximum absolute atomic E-state index is 7.10. The lowest BCUT2D eigenvalue weighted by molar-refractivity contribution is 0.669. The van der Waals surface area contributed by atoms with Crippen LogP contribution < -0.4 is 4.90 Å². The molecular weight excluding hydrogens is 727 g/mol. The van der Waals surface area contributed by atoms with Gasteiger partial charge in [-0.15, -0.1) is 11.3 Å². The van der Waals surface area contributed by atoms with E-state index in [1.807, 2.05) is 17.4 Å². The van der Waals surface area contributed by atoms with Crippen molar-refractivity contribution in [3.63, 3.8) is 0 Å². The van der Waals surface area contributed by atoms with E-state index in [2.05, 4.69) is 199 Å². The Hall–Kier alpha value is -7.40. The molecule has 3 nitrogen and oxygen atoms in total. The summed E-state index contributed by atoms with van der Waals surface area (Å²) in [5.41, 5.74) is 13.3. The smallest absolute Gasteiger partial charge is 0.145 e. The second kappa shape index (κ2) is 13.1. The van der Waals surface area contributed by atoms with E-state index in [1.165, 1.54) is 25.7 Å². The standard InChI is InChI=1S/C54H33NO2S/c1-4-15-34(16-5-1)37-27-28-41-48(32-37)57-54-39(36-19-8-3-9-20-36)29-30-44(53(41)54)55(43-23-14-25-47-51(43)40-21-10-12-24-46(40)56-47)45-31-38(35-17-6-2-7-18-35)33-50-52(45)42-22-11-13-26-49(42)58-50/h1-33H. The first-order valence-electron chi connectivity index (χ1n) is 19.6. The molecule has 0 amide bonds. The van der Waals surface area contributed by atoms with Crippen LogP contribution in [0.2, 0.25) is 0 Å². The number of furan rings is 2. The molecule has 0 fully saturated rings. The minimum absolute atomic E-state index is 0.844. The lowest BCUT2D eigenvalue weighted by Crippen LogP contribution is -2.11. The Morgan fingerprint density at radius 3 is 1.76 bits per heavy atom. The van der Waals surface area contributed by atoms with E-state index in [9.17, 15) is 0 Å². The van der Waals surface area contributed by atoms with Crippen molar-refractivity contribution in [3.8, 4) is 33.4 Å². The molecule has 0 N–H and O–H groups in total. The Morgan fingerprint density at radius 1 is 0.328 bits per heavy atom. The number of fused-ring (bicyclic) bond motifs is 9. The van der Waals surface area contributed by atoms with Crippen molar-refractivity contribution in [3.05, 3.63) is 200 Å². The second-order valence-electron chi connectivity index (χ2n) is 14.8. The predicted octanol–water partition coefficient (Wildman–Crippen LogP) is 16.3. The molecule has 0 saturated carbocycles. The van der Waals surface area contributed by atoms with E-state index in [4.69, 9.17) is 8.83 Å². The van der Waals surface area contributed by atoms with E-state index in [-0.39, 0.29) is 0 Å². The number of thiophene rings is 1. The molecule has 4 heteroatoms. The molecule has 0 aliphatic rings. The SMILES string of the molecule is c1ccc(-c2ccc3c(c2)oc2c(-c4ccccc4)ccc(N(c4cccc5oc6ccccc6c45)c4cc(-c5ccccc5)cc5sc6ccccc6c45)c23)cc1. The lowest BCUT2D eigenvalue weighted by atomic mass is 9.97. The molecule has 12 rings (SSSR count). The van der Waals surface area contributed by atoms with Crippen LogP contribution in [0.3, 0.4) is 0 Å². The Balaban J connectivity index is 1.25. The third kappa shape index (κ3) is 5.12. The predicted molar refractivity (Wildman–Crippen MR) is 245 cm³/mol. The Kier molecular flexibility index (Phi) is 7.40. The highest BCUT2D eigenvalue weighted by Gasteiger charge is 2.27. The van der Waals surface area contributed by atoms with Crippen LogP contribution in [0, 0.1) is 0 Å². The summed E-state index contributed by atoms with van der Waals surface area (Å²) in [4.78, 5) is 2.48. The zero-order valence-corrected chi connectivity index (χ0v) is 32.0. The van der Waals surface area contributed by atoms with E-state index in [0.717, 1.165) is 88.8 Å². The van der Waals surface area contributed by atoms with Gasteiger partial charge in [0.1, 0.15) is 22.3 Å². The Labute approximate surface area is 338 Å². The van der Waals surface area contributed by atoms with E-state index >= 15 is 0 Å². The Morgan fingerprint density at radius 2 is 0.966 bits per heavy atom. The maximum Gasteiger partial charge on any atom is 0.145 e. The highest BCUT2D eigenvalue weighted by Crippen LogP contribution is 2.53. The molecule has 0 aliphatic heterocycles. The number of nitrogens with zero attached hydrogens (tertiary/aromatic N) is 1. The summed E-state index contributed by atoms with van der Waals surface area (Å²) in [6.07, 6.45) is 0. The Bertz CT molecular complexity index is 3510. The van der Waals surface area contributed by atoms with Gasteiger partial charge >= 0.3 is 0 Å². The van der Waals surface area contributed by atoms with Gasteiger partial charge < -0.3 is 13.7 Å². The maximum atomic E-state index is 7.10. The molecule has 3 heterocycles. The zero-order chi connectivity index (χ0) is 38.2. The fourth-order valence-corrected chi connectivity index (χ4v) is 10.0. The van der Waals surface area contributed by atoms with Gasteiger partial charge in [-0.3, -0.25) is 0 Å². The number of benzene rings is 9. The molecule has 12 aromatic rings. The summed E-state index contributed by atoms with van der Waals surface area (Å²) in [6.45, 7) is 0. The van der Waals surface area contributed by atoms with Crippen molar-refractivity contribution < 1.29 is 8.83 Å². The minimum atomic E-state index is 0.844. The number of hydrogen-bond donors (Lipinski definition) is 0. The van der Waals surface area contributed by atoms with Gasteiger partial charge in [0.25, 0.3) is 0 Å². The number of rotatable bonds is 6. The van der Waals surface area contributed by atoms with Crippen LogP contribution in [0.4, 0.5) is 17.1 Å². The number of anilines is 3. The molecule has 272 valence electrons. The number of hydrogen-bond acceptors (Lipinski definition) is 4. The summed E-state index contributed by atoms with van der Waals surface area (Å²) in [5, 5.41) is 6.69. The molecule has 0 radical (unpaired) electrons. The number of para-hydroxylation sites is 1.